The summed E-state index contributed by atoms with van der Waals surface area (Å²) in [5, 5.41) is 0. The molecule has 0 atom stereocenters. The van der Waals surface area contributed by atoms with Crippen molar-refractivity contribution in [1.82, 2.24) is 0 Å². The summed E-state index contributed by atoms with van der Waals surface area (Å²) >= 11 is 0. The maximum Gasteiger partial charge on any atom is 0.218 e. The largest absolute Gasteiger partial charge is 0.439 e. The number of anilines is 1. The molecule has 2 heterocycles. The number of nitrogens with zero attached hydrogens (tertiary/aromatic N) is 2. The summed E-state index contributed by atoms with van der Waals surface area (Å²) in [5.74, 6) is 1.70. The van der Waals surface area contributed by atoms with Crippen LogP contribution >= 0.6 is 0 Å². The average Bonchev–Trinajstić information content (AvgIpc) is 3.14. The van der Waals surface area contributed by atoms with Gasteiger partial charge in [0.15, 0.2) is 11.4 Å². The van der Waals surface area contributed by atoms with Crippen LogP contribution < -0.4 is 14.2 Å². The van der Waals surface area contributed by atoms with Gasteiger partial charge in [0.25, 0.3) is 0 Å². The van der Waals surface area contributed by atoms with Crippen LogP contribution in [0.25, 0.3) is 23.9 Å². The average molecular weight is 424 g/mol. The third-order valence-electron chi connectivity index (χ3n) is 5.82. The molecule has 4 rings (SSSR count). The molecule has 0 spiro atoms. The van der Waals surface area contributed by atoms with E-state index in [0.717, 1.165) is 59.1 Å². The first-order valence-corrected chi connectivity index (χ1v) is 11.3. The van der Waals surface area contributed by atoms with Gasteiger partial charge in [0.2, 0.25) is 17.3 Å². The van der Waals surface area contributed by atoms with Gasteiger partial charge in [-0.05, 0) is 31.0 Å². The first kappa shape index (κ1) is 21.6. The van der Waals surface area contributed by atoms with Gasteiger partial charge in [0, 0.05) is 43.8 Å². The van der Waals surface area contributed by atoms with Crippen LogP contribution in [0.15, 0.2) is 79.2 Å². The van der Waals surface area contributed by atoms with Gasteiger partial charge in [-0.2, -0.15) is 4.57 Å². The second-order valence-electron chi connectivity index (χ2n) is 7.98. The smallest absolute Gasteiger partial charge is 0.218 e. The molecular weight excluding hydrogens is 392 g/mol. The summed E-state index contributed by atoms with van der Waals surface area (Å²) in [6, 6.07) is 21.0. The van der Waals surface area contributed by atoms with Gasteiger partial charge in [-0.15, -0.1) is 0 Å². The molecule has 2 aromatic carbocycles. The lowest BCUT2D eigenvalue weighted by Crippen LogP contribution is -2.40. The lowest BCUT2D eigenvalue weighted by atomic mass is 10.00. The number of ether oxygens (including phenoxy) is 1. The zero-order valence-electron chi connectivity index (χ0n) is 19.2. The van der Waals surface area contributed by atoms with Crippen molar-refractivity contribution >= 4 is 23.9 Å². The zero-order chi connectivity index (χ0) is 22.5. The van der Waals surface area contributed by atoms with Crippen LogP contribution in [-0.4, -0.2) is 7.05 Å². The third-order valence-corrected chi connectivity index (χ3v) is 5.82. The number of allylic oxidation sites excluding steroid dienone is 1. The Kier molecular flexibility index (Phi) is 6.55. The van der Waals surface area contributed by atoms with E-state index in [-0.39, 0.29) is 0 Å². The Hall–Kier alpha value is -3.59. The highest BCUT2D eigenvalue weighted by molar-refractivity contribution is 5.75. The number of hydrogen-bond donors (Lipinski definition) is 0. The van der Waals surface area contributed by atoms with E-state index in [0.29, 0.717) is 0 Å². The predicted molar refractivity (Wildman–Crippen MR) is 135 cm³/mol. The standard InChI is InChI=1S/C29H31N2O/c1-5-8-15-24-20-22(21-29-30(4)27-18-12-13-19-28(27)32-29)25(7-3)26(14-6-2)31(24)23-16-10-9-11-17-23/h6-7,9-14,16-21H,3,5,8,15H2,1-2,4H3/q+1/b14-6-. The second kappa shape index (κ2) is 9.69. The zero-order valence-corrected chi connectivity index (χ0v) is 19.2. The molecule has 1 aromatic heterocycles. The Morgan fingerprint density at radius 3 is 2.50 bits per heavy atom. The SMILES string of the molecule is C=Cc1c(/C=C2\Oc3ccccc3N2C)cc(CCCC)[n+](-c2ccccc2)c1/C=C\C. The summed E-state index contributed by atoms with van der Waals surface area (Å²) in [4.78, 5) is 2.10. The minimum absolute atomic E-state index is 0.819. The second-order valence-corrected chi connectivity index (χ2v) is 7.98. The maximum absolute atomic E-state index is 6.19. The number of unbranched alkanes of at least 4 members (excludes halogenated alkanes) is 1. The van der Waals surface area contributed by atoms with Crippen molar-refractivity contribution < 1.29 is 9.30 Å². The van der Waals surface area contributed by atoms with Crippen molar-refractivity contribution in [3.63, 3.8) is 0 Å². The molecule has 3 aromatic rings. The normalized spacial score (nSPS) is 14.1. The van der Waals surface area contributed by atoms with E-state index in [2.05, 4.69) is 90.6 Å². The number of rotatable bonds is 7. The van der Waals surface area contributed by atoms with E-state index in [1.165, 1.54) is 5.69 Å². The Balaban J connectivity index is 1.92. The summed E-state index contributed by atoms with van der Waals surface area (Å²) in [5.41, 5.74) is 6.85. The van der Waals surface area contributed by atoms with Crippen molar-refractivity contribution in [2.75, 3.05) is 11.9 Å². The molecule has 1 aliphatic heterocycles. The minimum Gasteiger partial charge on any atom is -0.439 e. The van der Waals surface area contributed by atoms with Crippen molar-refractivity contribution in [3.8, 4) is 11.4 Å². The van der Waals surface area contributed by atoms with Gasteiger partial charge < -0.3 is 9.64 Å². The monoisotopic (exact) mass is 423 g/mol. The Morgan fingerprint density at radius 2 is 1.81 bits per heavy atom. The molecule has 0 unspecified atom stereocenters. The number of hydrogen-bond acceptors (Lipinski definition) is 2. The quantitative estimate of drug-likeness (QED) is 0.388. The first-order valence-electron chi connectivity index (χ1n) is 11.3. The topological polar surface area (TPSA) is 16.4 Å². The molecule has 3 heteroatoms. The summed E-state index contributed by atoms with van der Waals surface area (Å²) in [7, 11) is 2.04. The molecular formula is C29H31N2O+. The number of fused-ring (bicyclic) bond motifs is 1. The van der Waals surface area contributed by atoms with E-state index in [1.54, 1.807) is 0 Å². The molecule has 0 aliphatic carbocycles. The lowest BCUT2D eigenvalue weighted by molar-refractivity contribution is -0.606. The Morgan fingerprint density at radius 1 is 1.06 bits per heavy atom. The highest BCUT2D eigenvalue weighted by Crippen LogP contribution is 2.38. The number of para-hydroxylation sites is 3. The first-order chi connectivity index (χ1) is 15.7. The Labute approximate surface area is 191 Å². The van der Waals surface area contributed by atoms with Gasteiger partial charge in [-0.25, -0.2) is 0 Å². The van der Waals surface area contributed by atoms with E-state index in [9.17, 15) is 0 Å². The number of benzene rings is 2. The maximum atomic E-state index is 6.19. The van der Waals surface area contributed by atoms with E-state index >= 15 is 0 Å². The van der Waals surface area contributed by atoms with E-state index in [1.807, 2.05) is 31.3 Å². The van der Waals surface area contributed by atoms with Crippen LogP contribution in [-0.2, 0) is 6.42 Å². The third kappa shape index (κ3) is 4.11. The van der Waals surface area contributed by atoms with Crippen molar-refractivity contribution in [2.24, 2.45) is 0 Å². The molecule has 0 N–H and O–H groups in total. The molecule has 32 heavy (non-hydrogen) atoms. The van der Waals surface area contributed by atoms with Gasteiger partial charge in [-0.1, -0.05) is 62.4 Å². The summed E-state index contributed by atoms with van der Waals surface area (Å²) < 4.78 is 8.55. The van der Waals surface area contributed by atoms with E-state index < -0.39 is 0 Å². The molecule has 0 bridgehead atoms. The van der Waals surface area contributed by atoms with Gasteiger partial charge in [0.05, 0.1) is 11.3 Å². The number of aromatic nitrogens is 1. The summed E-state index contributed by atoms with van der Waals surface area (Å²) in [6.45, 7) is 8.46. The van der Waals surface area contributed by atoms with Crippen LogP contribution in [0.2, 0.25) is 0 Å². The molecule has 162 valence electrons. The fourth-order valence-corrected chi connectivity index (χ4v) is 4.21. The molecule has 0 radical (unpaired) electrons. The highest BCUT2D eigenvalue weighted by Gasteiger charge is 2.26. The van der Waals surface area contributed by atoms with Crippen LogP contribution in [0.1, 0.15) is 49.2 Å². The van der Waals surface area contributed by atoms with Crippen LogP contribution in [0.3, 0.4) is 0 Å². The van der Waals surface area contributed by atoms with Gasteiger partial charge >= 0.3 is 0 Å². The molecule has 3 nitrogen and oxygen atoms in total. The van der Waals surface area contributed by atoms with Crippen LogP contribution in [0.4, 0.5) is 5.69 Å². The van der Waals surface area contributed by atoms with Crippen molar-refractivity contribution in [1.29, 1.82) is 0 Å². The molecule has 0 fully saturated rings. The Bertz CT molecular complexity index is 1180. The minimum atomic E-state index is 0.819. The van der Waals surface area contributed by atoms with Gasteiger partial charge in [-0.3, -0.25) is 0 Å². The van der Waals surface area contributed by atoms with Crippen LogP contribution in [0.5, 0.6) is 5.75 Å². The van der Waals surface area contributed by atoms with Crippen molar-refractivity contribution in [2.45, 2.75) is 33.1 Å². The lowest BCUT2D eigenvalue weighted by Gasteiger charge is -2.14. The van der Waals surface area contributed by atoms with E-state index in [4.69, 9.17) is 4.74 Å². The molecule has 0 saturated heterocycles. The summed E-state index contributed by atoms with van der Waals surface area (Å²) in [6.07, 6.45) is 11.6. The highest BCUT2D eigenvalue weighted by atomic mass is 16.5. The fraction of sp³-hybridized carbons (Fsp3) is 0.207. The molecule has 0 amide bonds. The van der Waals surface area contributed by atoms with Gasteiger partial charge in [0.1, 0.15) is 0 Å². The number of aryl methyl sites for hydroxylation is 1. The van der Waals surface area contributed by atoms with Crippen molar-refractivity contribution in [3.05, 3.63) is 102 Å². The number of pyridine rings is 1. The predicted octanol–water partition coefficient (Wildman–Crippen LogP) is 6.81. The molecule has 0 saturated carbocycles. The fourth-order valence-electron chi connectivity index (χ4n) is 4.21. The molecule has 1 aliphatic rings. The van der Waals surface area contributed by atoms with Crippen LogP contribution in [0, 0.1) is 0 Å².